The first kappa shape index (κ1) is 32.2. The first-order chi connectivity index (χ1) is 18.8. The van der Waals surface area contributed by atoms with Crippen LogP contribution in [-0.4, -0.2) is 126 Å². The fraction of sp³-hybridized carbons (Fsp3) is 0.680. The summed E-state index contributed by atoms with van der Waals surface area (Å²) in [6.07, 6.45) is -13.5. The van der Waals surface area contributed by atoms with E-state index in [1.807, 2.05) is 0 Å². The Labute approximate surface area is 229 Å². The van der Waals surface area contributed by atoms with Gasteiger partial charge in [-0.1, -0.05) is 24.3 Å². The quantitative estimate of drug-likeness (QED) is 0.125. The Bertz CT molecular complexity index is 994. The molecule has 1 aromatic carbocycles. The second kappa shape index (κ2) is 13.6. The normalized spacial score (nSPS) is 36.0. The van der Waals surface area contributed by atoms with Crippen LogP contribution < -0.4 is 5.32 Å². The molecule has 0 spiro atoms. The molecule has 2 unspecified atom stereocenters. The van der Waals surface area contributed by atoms with Gasteiger partial charge in [-0.25, -0.2) is 4.79 Å². The fourth-order valence-corrected chi connectivity index (χ4v) is 4.54. The van der Waals surface area contributed by atoms with Crippen molar-refractivity contribution in [3.8, 4) is 0 Å². The highest BCUT2D eigenvalue weighted by atomic mass is 16.7. The van der Waals surface area contributed by atoms with Crippen molar-refractivity contribution < 1.29 is 69.4 Å². The van der Waals surface area contributed by atoms with Gasteiger partial charge in [-0.2, -0.15) is 0 Å². The first-order valence-corrected chi connectivity index (χ1v) is 12.7. The Morgan fingerprint density at radius 1 is 1.05 bits per heavy atom. The molecular formula is C25H37NO14. The number of aliphatic carboxylic acids is 1. The highest BCUT2D eigenvalue weighted by molar-refractivity contribution is 5.76. The van der Waals surface area contributed by atoms with Gasteiger partial charge in [-0.3, -0.25) is 4.79 Å². The van der Waals surface area contributed by atoms with Crippen LogP contribution in [0.4, 0.5) is 0 Å². The van der Waals surface area contributed by atoms with Gasteiger partial charge in [0.25, 0.3) is 5.79 Å². The molecule has 0 saturated carbocycles. The van der Waals surface area contributed by atoms with E-state index < -0.39 is 91.9 Å². The number of ether oxygens (including phenoxy) is 4. The fourth-order valence-electron chi connectivity index (χ4n) is 4.54. The minimum Gasteiger partial charge on any atom is -0.477 e. The third-order valence-electron chi connectivity index (χ3n) is 6.90. The third-order valence-corrected chi connectivity index (χ3v) is 6.90. The van der Waals surface area contributed by atoms with Crippen LogP contribution in [0.1, 0.15) is 31.4 Å². The zero-order valence-electron chi connectivity index (χ0n) is 21.9. The van der Waals surface area contributed by atoms with Crippen LogP contribution in [0, 0.1) is 0 Å². The number of carbonyl (C=O) groups is 2. The molecule has 0 bridgehead atoms. The minimum absolute atomic E-state index is 0.0238. The zero-order valence-corrected chi connectivity index (χ0v) is 21.9. The lowest BCUT2D eigenvalue weighted by Gasteiger charge is -2.46. The van der Waals surface area contributed by atoms with Crippen molar-refractivity contribution in [3.63, 3.8) is 0 Å². The highest BCUT2D eigenvalue weighted by Crippen LogP contribution is 2.34. The molecule has 2 aliphatic heterocycles. The van der Waals surface area contributed by atoms with E-state index in [0.29, 0.717) is 11.1 Å². The molecule has 2 aliphatic rings. The van der Waals surface area contributed by atoms with E-state index in [4.69, 9.17) is 18.9 Å². The Kier molecular flexibility index (Phi) is 11.0. The van der Waals surface area contributed by atoms with E-state index in [2.05, 4.69) is 5.32 Å². The molecule has 0 aromatic heterocycles. The molecule has 1 aromatic rings. The van der Waals surface area contributed by atoms with Crippen molar-refractivity contribution in [1.29, 1.82) is 0 Å². The lowest BCUT2D eigenvalue weighted by atomic mass is 9.88. The second-order valence-electron chi connectivity index (χ2n) is 9.98. The largest absolute Gasteiger partial charge is 0.477 e. The van der Waals surface area contributed by atoms with Crippen molar-refractivity contribution in [1.82, 2.24) is 5.32 Å². The van der Waals surface area contributed by atoms with Gasteiger partial charge in [-0.15, -0.1) is 0 Å². The number of carboxylic acids is 1. The van der Waals surface area contributed by atoms with E-state index in [0.717, 1.165) is 6.92 Å². The molecule has 0 aliphatic carbocycles. The molecule has 40 heavy (non-hydrogen) atoms. The molecule has 2 fully saturated rings. The lowest BCUT2D eigenvalue weighted by molar-refractivity contribution is -0.314. The molecular weight excluding hydrogens is 538 g/mol. The predicted octanol–water partition coefficient (Wildman–Crippen LogP) is -3.30. The topological polar surface area (TPSA) is 245 Å². The Balaban J connectivity index is 1.67. The monoisotopic (exact) mass is 575 g/mol. The number of benzene rings is 1. The molecule has 1 amide bonds. The number of nitrogens with one attached hydrogen (secondary N) is 1. The van der Waals surface area contributed by atoms with Gasteiger partial charge in [0.05, 0.1) is 38.1 Å². The zero-order chi connectivity index (χ0) is 29.8. The smallest absolute Gasteiger partial charge is 0.364 e. The van der Waals surface area contributed by atoms with Crippen molar-refractivity contribution >= 4 is 11.9 Å². The molecule has 226 valence electrons. The first-order valence-electron chi connectivity index (χ1n) is 12.7. The van der Waals surface area contributed by atoms with Crippen LogP contribution in [0.15, 0.2) is 24.3 Å². The van der Waals surface area contributed by atoms with Crippen molar-refractivity contribution in [3.05, 3.63) is 35.4 Å². The van der Waals surface area contributed by atoms with Crippen molar-refractivity contribution in [2.45, 2.75) is 100 Å². The summed E-state index contributed by atoms with van der Waals surface area (Å²) in [4.78, 5) is 23.9. The van der Waals surface area contributed by atoms with E-state index in [1.54, 1.807) is 24.3 Å². The van der Waals surface area contributed by atoms with E-state index in [-0.39, 0.29) is 13.2 Å². The van der Waals surface area contributed by atoms with Crippen LogP contribution in [0.25, 0.3) is 0 Å². The summed E-state index contributed by atoms with van der Waals surface area (Å²) in [6, 6.07) is 5.14. The summed E-state index contributed by atoms with van der Waals surface area (Å²) in [7, 11) is 0. The summed E-state index contributed by atoms with van der Waals surface area (Å²) in [5.74, 6) is -4.70. The molecule has 9 N–H and O–H groups in total. The van der Waals surface area contributed by atoms with Gasteiger partial charge in [-0.05, 0) is 18.1 Å². The van der Waals surface area contributed by atoms with E-state index in [9.17, 15) is 50.4 Å². The molecule has 15 nitrogen and oxygen atoms in total. The number of aliphatic hydroxyl groups is 7. The summed E-state index contributed by atoms with van der Waals surface area (Å²) in [6.45, 7) is 1.43. The van der Waals surface area contributed by atoms with Crippen LogP contribution in [-0.2, 0) is 41.8 Å². The second-order valence-corrected chi connectivity index (χ2v) is 9.98. The average molecular weight is 576 g/mol. The molecule has 11 atom stereocenters. The van der Waals surface area contributed by atoms with Gasteiger partial charge in [0.1, 0.15) is 36.6 Å². The number of hydrogen-bond acceptors (Lipinski definition) is 13. The molecule has 2 saturated heterocycles. The van der Waals surface area contributed by atoms with E-state index in [1.165, 1.54) is 6.92 Å². The van der Waals surface area contributed by atoms with Gasteiger partial charge >= 0.3 is 5.97 Å². The Morgan fingerprint density at radius 3 is 2.20 bits per heavy atom. The van der Waals surface area contributed by atoms with Crippen LogP contribution in [0.3, 0.4) is 0 Å². The highest BCUT2D eigenvalue weighted by Gasteiger charge is 2.55. The molecule has 0 radical (unpaired) electrons. The van der Waals surface area contributed by atoms with Gasteiger partial charge < -0.3 is 65.1 Å². The molecule has 15 heteroatoms. The number of carboxylic acid groups (broad SMARTS) is 1. The van der Waals surface area contributed by atoms with Gasteiger partial charge in [0, 0.05) is 13.3 Å². The maximum Gasteiger partial charge on any atom is 0.364 e. The summed E-state index contributed by atoms with van der Waals surface area (Å²) < 4.78 is 22.1. The number of rotatable bonds is 11. The van der Waals surface area contributed by atoms with Gasteiger partial charge in [0.15, 0.2) is 6.29 Å². The summed E-state index contributed by atoms with van der Waals surface area (Å²) in [5, 5.41) is 82.3. The van der Waals surface area contributed by atoms with Crippen LogP contribution in [0.5, 0.6) is 0 Å². The Hall–Kier alpha value is -2.28. The summed E-state index contributed by atoms with van der Waals surface area (Å²) >= 11 is 0. The number of aliphatic hydroxyl groups excluding tert-OH is 7. The lowest BCUT2D eigenvalue weighted by Crippen LogP contribution is -2.67. The number of hydrogen-bond donors (Lipinski definition) is 9. The van der Waals surface area contributed by atoms with E-state index >= 15 is 0 Å². The van der Waals surface area contributed by atoms with Crippen LogP contribution in [0.2, 0.25) is 0 Å². The van der Waals surface area contributed by atoms with Crippen molar-refractivity contribution in [2.24, 2.45) is 0 Å². The van der Waals surface area contributed by atoms with Crippen LogP contribution >= 0.6 is 0 Å². The predicted molar refractivity (Wildman–Crippen MR) is 131 cm³/mol. The maximum absolute atomic E-state index is 12.2. The average Bonchev–Trinajstić information content (AvgIpc) is 2.92. The molecule has 3 rings (SSSR count). The number of carbonyl (C=O) groups excluding carboxylic acids is 1. The maximum atomic E-state index is 12.2. The standard InChI is InChI=1S/C25H37NO14/c1-11-18(31)20(33)21(34)23(39-11)37-9-13-3-5-14(6-4-13)10-38-25(24(35)36)7-15(29)17(26-12(2)28)22(40-25)19(32)16(30)8-27/h3-6,11,15-23,27,29-34H,7-10H2,1-2H3,(H,26,28)(H,35,36)/t11-,15-,16?,17+,18-,19?,20+,21+,22+,23-,25-/m0/s1. The SMILES string of the molecule is CC(=O)N[C@@H]1[C@@H](O)C[C@@](OCc2ccc(CO[C@H]3O[C@@H](C)[C@H](O)[C@@H](O)[C@H]3O)cc2)(C(=O)O)O[C@H]1C(O)C(O)CO. The Morgan fingerprint density at radius 2 is 1.65 bits per heavy atom. The van der Waals surface area contributed by atoms with Crippen molar-refractivity contribution in [2.75, 3.05) is 6.61 Å². The number of amides is 1. The summed E-state index contributed by atoms with van der Waals surface area (Å²) in [5.41, 5.74) is 1.12. The molecule has 2 heterocycles. The third kappa shape index (κ3) is 7.32. The minimum atomic E-state index is -2.46. The van der Waals surface area contributed by atoms with Gasteiger partial charge in [0.2, 0.25) is 5.91 Å².